The first-order valence-corrected chi connectivity index (χ1v) is 28.6. The van der Waals surface area contributed by atoms with E-state index in [-0.39, 0.29) is 0 Å². The minimum atomic E-state index is 0.820. The van der Waals surface area contributed by atoms with Gasteiger partial charge in [0.05, 0.1) is 58.6 Å². The molecule has 21 rings (SSSR count). The molecule has 0 amide bonds. The van der Waals surface area contributed by atoms with Crippen molar-refractivity contribution in [1.29, 1.82) is 0 Å². The Kier molecular flexibility index (Phi) is 9.74. The summed E-state index contributed by atoms with van der Waals surface area (Å²) in [5.41, 5.74) is 24.2. The summed E-state index contributed by atoms with van der Waals surface area (Å²) in [4.78, 5) is 1.24. The van der Waals surface area contributed by atoms with Crippen LogP contribution in [0.4, 0.5) is 0 Å². The fraction of sp³-hybridized carbons (Fsp3) is 0.0746. The zero-order chi connectivity index (χ0) is 54.4. The highest BCUT2D eigenvalue weighted by Gasteiger charge is 2.39. The lowest BCUT2D eigenvalue weighted by Crippen LogP contribution is -2.31. The second-order valence-corrected chi connectivity index (χ2v) is 22.5. The molecule has 4 aliphatic rings. The van der Waals surface area contributed by atoms with Gasteiger partial charge in [0, 0.05) is 59.5 Å². The molecule has 4 aliphatic heterocycles. The monoisotopic (exact) mass is 1100 g/mol. The summed E-state index contributed by atoms with van der Waals surface area (Å²) >= 11 is 1.83. The van der Waals surface area contributed by atoms with Crippen LogP contribution in [-0.4, -0.2) is 47.6 Å². The number of nitrogens with zero attached hydrogens (tertiary/aromatic N) is 14. The van der Waals surface area contributed by atoms with Crippen molar-refractivity contribution in [3.8, 4) is 50.5 Å². The largest absolute Gasteiger partial charge is 0.383 e. The maximum atomic E-state index is 6.05. The fourth-order valence-corrected chi connectivity index (χ4v) is 14.5. The van der Waals surface area contributed by atoms with Crippen LogP contribution in [0.3, 0.4) is 0 Å². The SMILES string of the molecule is C[n+]1c2n(c3cc4cccnn4c31)Cc1ccccc1-2.c1ccc(-n2c3[n+](c4cc5cccnn5c42)Cc2ccccc2-3)cc1.c1ccc2c(c1)C[n+]1c-2oc2c1cc1cccnn12.c1ccc2c(c1)C[n+]1c-2sc2c1cc1cccnn12. The molecular weight excluding hydrogens is 1050 g/mol. The van der Waals surface area contributed by atoms with Gasteiger partial charge in [0.15, 0.2) is 29.0 Å². The smallest absolute Gasteiger partial charge is 0.378 e. The number of para-hydroxylation sites is 1. The van der Waals surface area contributed by atoms with E-state index >= 15 is 0 Å². The van der Waals surface area contributed by atoms with Gasteiger partial charge in [-0.1, -0.05) is 91.0 Å². The van der Waals surface area contributed by atoms with E-state index in [2.05, 4.69) is 219 Å². The van der Waals surface area contributed by atoms with Gasteiger partial charge in [0.1, 0.15) is 17.7 Å². The Balaban J connectivity index is 0.0000000851. The topological polar surface area (TPSA) is 108 Å². The van der Waals surface area contributed by atoms with Crippen molar-refractivity contribution in [2.24, 2.45) is 7.05 Å². The van der Waals surface area contributed by atoms with Gasteiger partial charge in [-0.05, 0) is 102 Å². The third-order valence-corrected chi connectivity index (χ3v) is 18.1. The quantitative estimate of drug-likeness (QED) is 0.152. The van der Waals surface area contributed by atoms with E-state index in [0.717, 1.165) is 82.3 Å². The number of hydrogen-bond donors (Lipinski definition) is 0. The lowest BCUT2D eigenvalue weighted by Gasteiger charge is -2.02. The van der Waals surface area contributed by atoms with Crippen LogP contribution in [0.1, 0.15) is 22.3 Å². The summed E-state index contributed by atoms with van der Waals surface area (Å²) in [7, 11) is 2.12. The summed E-state index contributed by atoms with van der Waals surface area (Å²) in [5, 5.41) is 19.2. The number of aromatic nitrogens is 14. The first kappa shape index (κ1) is 46.0. The summed E-state index contributed by atoms with van der Waals surface area (Å²) in [5.74, 6) is 3.43. The molecule has 16 heterocycles. The van der Waals surface area contributed by atoms with E-state index in [0.29, 0.717) is 0 Å². The Bertz CT molecular complexity index is 5350. The van der Waals surface area contributed by atoms with E-state index in [1.807, 2.05) is 84.4 Å². The standard InChI is InChI=1S/C21H15N4.C16H13N4.C15H10N3O.C15H10N3S/c1-2-8-16(9-3-1)24-20-18-11-5-4-7-15(18)14-23(20)19-13-17-10-6-12-22-25(17)21(19)24;1-18-15-13-7-3-2-5-11(13)10-19(15)14-9-12-6-4-8-17-20(12)16(14)18;2*1-2-6-12-10(4-1)9-17-13-8-11-5-3-7-16-18(11)15(13)19-14(12)17/h1-13H,14H2;2-9H,10H2,1H3;2*1-8H,9H2/q4*+1. The van der Waals surface area contributed by atoms with Crippen LogP contribution < -0.4 is 18.3 Å². The normalized spacial score (nSPS) is 12.9. The number of rotatable bonds is 1. The summed E-state index contributed by atoms with van der Waals surface area (Å²) in [6.07, 6.45) is 7.30. The van der Waals surface area contributed by atoms with Crippen molar-refractivity contribution in [1.82, 2.24) is 47.6 Å². The van der Waals surface area contributed by atoms with Gasteiger partial charge in [-0.25, -0.2) is 18.2 Å². The molecule has 5 aromatic carbocycles. The zero-order valence-electron chi connectivity index (χ0n) is 44.8. The predicted molar refractivity (Wildman–Crippen MR) is 318 cm³/mol. The van der Waals surface area contributed by atoms with Crippen molar-refractivity contribution in [2.75, 3.05) is 0 Å². The first-order valence-electron chi connectivity index (χ1n) is 27.8. The number of benzene rings is 5. The number of fused-ring (bicyclic) bond motifs is 28. The van der Waals surface area contributed by atoms with E-state index in [9.17, 15) is 0 Å². The molecule has 0 saturated carbocycles. The Hall–Kier alpha value is -10.8. The highest BCUT2D eigenvalue weighted by atomic mass is 32.1. The minimum Gasteiger partial charge on any atom is -0.378 e. The molecule has 83 heavy (non-hydrogen) atoms. The van der Waals surface area contributed by atoms with Crippen molar-refractivity contribution >= 4 is 77.3 Å². The molecule has 0 fully saturated rings. The average molecular weight is 1100 g/mol. The third kappa shape index (κ3) is 6.71. The fourth-order valence-electron chi connectivity index (χ4n) is 13.3. The van der Waals surface area contributed by atoms with Crippen molar-refractivity contribution in [3.63, 3.8) is 0 Å². The molecule has 16 heteroatoms. The maximum absolute atomic E-state index is 6.05. The highest BCUT2D eigenvalue weighted by Crippen LogP contribution is 2.39. The predicted octanol–water partition coefficient (Wildman–Crippen LogP) is 11.0. The Morgan fingerprint density at radius 2 is 0.976 bits per heavy atom. The Morgan fingerprint density at radius 1 is 0.446 bits per heavy atom. The molecule has 0 radical (unpaired) electrons. The van der Waals surface area contributed by atoms with Gasteiger partial charge in [0.25, 0.3) is 33.4 Å². The molecular formula is C67H48N14OS+4. The van der Waals surface area contributed by atoms with Crippen LogP contribution in [0.25, 0.3) is 116 Å². The van der Waals surface area contributed by atoms with Crippen LogP contribution in [0.2, 0.25) is 0 Å². The van der Waals surface area contributed by atoms with Crippen molar-refractivity contribution in [2.45, 2.75) is 26.2 Å². The Labute approximate surface area is 476 Å². The molecule has 394 valence electrons. The minimum absolute atomic E-state index is 0.820. The van der Waals surface area contributed by atoms with Crippen molar-refractivity contribution < 1.29 is 22.7 Å². The number of imidazole rings is 2. The van der Waals surface area contributed by atoms with Gasteiger partial charge in [-0.15, -0.1) is 9.61 Å². The molecule has 0 aliphatic carbocycles. The molecule has 0 spiro atoms. The number of aryl methyl sites for hydroxylation is 1. The van der Waals surface area contributed by atoms with Crippen molar-refractivity contribution in [3.05, 3.63) is 247 Å². The van der Waals surface area contributed by atoms with Crippen LogP contribution in [0, 0.1) is 0 Å². The molecule has 15 nitrogen and oxygen atoms in total. The van der Waals surface area contributed by atoms with E-state index in [1.54, 1.807) is 6.20 Å². The van der Waals surface area contributed by atoms with Gasteiger partial charge in [-0.2, -0.15) is 38.0 Å². The summed E-state index contributed by atoms with van der Waals surface area (Å²) < 4.78 is 28.0. The lowest BCUT2D eigenvalue weighted by molar-refractivity contribution is -0.649. The molecule has 0 saturated heterocycles. The van der Waals surface area contributed by atoms with Crippen LogP contribution in [-0.2, 0) is 33.2 Å². The summed E-state index contributed by atoms with van der Waals surface area (Å²) in [6.45, 7) is 3.69. The van der Waals surface area contributed by atoms with Gasteiger partial charge in [0.2, 0.25) is 11.3 Å². The second-order valence-electron chi connectivity index (χ2n) is 21.5. The molecule has 17 aromatic rings. The number of hydrogen-bond acceptors (Lipinski definition) is 6. The van der Waals surface area contributed by atoms with Crippen LogP contribution in [0.15, 0.2) is 229 Å². The van der Waals surface area contributed by atoms with E-state index in [1.165, 1.54) is 82.5 Å². The number of oxazole rings is 1. The number of thiazole rings is 1. The van der Waals surface area contributed by atoms with E-state index in [4.69, 9.17) is 4.42 Å². The molecule has 0 unspecified atom stereocenters. The van der Waals surface area contributed by atoms with Gasteiger partial charge in [-0.3, -0.25) is 0 Å². The molecule has 12 aromatic heterocycles. The van der Waals surface area contributed by atoms with Crippen LogP contribution in [0.5, 0.6) is 0 Å². The molecule has 0 bridgehead atoms. The Morgan fingerprint density at radius 3 is 1.72 bits per heavy atom. The molecule has 0 atom stereocenters. The second kappa shape index (κ2) is 17.6. The zero-order valence-corrected chi connectivity index (χ0v) is 45.6. The van der Waals surface area contributed by atoms with E-state index < -0.39 is 0 Å². The lowest BCUT2D eigenvalue weighted by atomic mass is 10.1. The molecule has 0 N–H and O–H groups in total. The maximum Gasteiger partial charge on any atom is 0.383 e. The van der Waals surface area contributed by atoms with Gasteiger partial charge >= 0.3 is 5.89 Å². The average Bonchev–Trinajstić information content (AvgIpc) is 1.88. The third-order valence-electron chi connectivity index (χ3n) is 16.9. The first-order chi connectivity index (χ1) is 41.1. The highest BCUT2D eigenvalue weighted by molar-refractivity contribution is 7.20. The summed E-state index contributed by atoms with van der Waals surface area (Å²) in [6, 6.07) is 69.9. The van der Waals surface area contributed by atoms with Gasteiger partial charge < -0.3 is 4.42 Å². The van der Waals surface area contributed by atoms with Crippen LogP contribution >= 0.6 is 11.3 Å².